The van der Waals surface area contributed by atoms with E-state index >= 15 is 0 Å². The van der Waals surface area contributed by atoms with Gasteiger partial charge in [0.1, 0.15) is 5.69 Å². The van der Waals surface area contributed by atoms with E-state index in [0.717, 1.165) is 12.1 Å². The van der Waals surface area contributed by atoms with Gasteiger partial charge < -0.3 is 10.2 Å². The zero-order chi connectivity index (χ0) is 19.0. The van der Waals surface area contributed by atoms with Gasteiger partial charge in [0, 0.05) is 31.6 Å². The van der Waals surface area contributed by atoms with E-state index in [1.54, 1.807) is 29.3 Å². The van der Waals surface area contributed by atoms with Crippen LogP contribution >= 0.6 is 0 Å². The molecule has 2 amide bonds. The second kappa shape index (κ2) is 6.72. The predicted molar refractivity (Wildman–Crippen MR) is 94.0 cm³/mol. The molecule has 1 aromatic carbocycles. The van der Waals surface area contributed by atoms with Crippen LogP contribution in [0.15, 0.2) is 42.6 Å². The van der Waals surface area contributed by atoms with E-state index in [0.29, 0.717) is 43.6 Å². The monoisotopic (exact) mass is 371 g/mol. The molecule has 1 aromatic heterocycles. The Bertz CT molecular complexity index is 890. The molecule has 2 fully saturated rings. The van der Waals surface area contributed by atoms with Gasteiger partial charge in [-0.2, -0.15) is 0 Å². The van der Waals surface area contributed by atoms with Crippen molar-refractivity contribution < 1.29 is 18.4 Å². The Morgan fingerprint density at radius 1 is 1.22 bits per heavy atom. The SMILES string of the molecule is O=C1CCC[C@]2(CN(C(=O)c3ccccn3)C[C@H]2c2ccc(F)c(F)c2)N1. The third kappa shape index (κ3) is 3.18. The standard InChI is InChI=1S/C20H19F2N3O2/c21-15-7-6-13(10-16(15)22)14-11-25(19(27)17-4-1-2-9-23-17)12-20(14)8-3-5-18(26)24-20/h1-2,4,6-7,9-10,14H,3,5,8,11-12H2,(H,24,26)/t14-,20+/m0/s1. The molecule has 2 atom stereocenters. The van der Waals surface area contributed by atoms with Gasteiger partial charge in [-0.05, 0) is 42.7 Å². The van der Waals surface area contributed by atoms with Gasteiger partial charge in [0.25, 0.3) is 5.91 Å². The molecule has 27 heavy (non-hydrogen) atoms. The Balaban J connectivity index is 1.70. The average Bonchev–Trinajstić information content (AvgIpc) is 3.02. The van der Waals surface area contributed by atoms with Gasteiger partial charge in [0.05, 0.1) is 5.54 Å². The molecule has 2 aromatic rings. The van der Waals surface area contributed by atoms with Gasteiger partial charge in [-0.3, -0.25) is 14.6 Å². The minimum Gasteiger partial charge on any atom is -0.348 e. The number of hydrogen-bond donors (Lipinski definition) is 1. The molecule has 0 saturated carbocycles. The number of nitrogens with zero attached hydrogens (tertiary/aromatic N) is 2. The second-order valence-electron chi connectivity index (χ2n) is 7.18. The van der Waals surface area contributed by atoms with Crippen LogP contribution in [0, 0.1) is 11.6 Å². The number of nitrogens with one attached hydrogen (secondary N) is 1. The molecule has 0 bridgehead atoms. The van der Waals surface area contributed by atoms with E-state index in [4.69, 9.17) is 0 Å². The summed E-state index contributed by atoms with van der Waals surface area (Å²) < 4.78 is 27.2. The van der Waals surface area contributed by atoms with Gasteiger partial charge >= 0.3 is 0 Å². The van der Waals surface area contributed by atoms with E-state index in [9.17, 15) is 18.4 Å². The molecule has 3 heterocycles. The van der Waals surface area contributed by atoms with E-state index in [1.807, 2.05) is 0 Å². The number of likely N-dealkylation sites (tertiary alicyclic amines) is 1. The fourth-order valence-corrected chi connectivity index (χ4v) is 4.22. The van der Waals surface area contributed by atoms with Crippen LogP contribution in [-0.2, 0) is 4.79 Å². The molecule has 140 valence electrons. The summed E-state index contributed by atoms with van der Waals surface area (Å²) in [4.78, 5) is 30.7. The Morgan fingerprint density at radius 3 is 2.78 bits per heavy atom. The number of carbonyl (C=O) groups excluding carboxylic acids is 2. The number of rotatable bonds is 2. The largest absolute Gasteiger partial charge is 0.348 e. The Labute approximate surface area is 155 Å². The Morgan fingerprint density at radius 2 is 2.07 bits per heavy atom. The van der Waals surface area contributed by atoms with Crippen LogP contribution in [0.25, 0.3) is 0 Å². The molecule has 0 unspecified atom stereocenters. The van der Waals surface area contributed by atoms with Crippen molar-refractivity contribution in [3.8, 4) is 0 Å². The fourth-order valence-electron chi connectivity index (χ4n) is 4.22. The van der Waals surface area contributed by atoms with E-state index in [-0.39, 0.29) is 17.7 Å². The number of halogens is 2. The van der Waals surface area contributed by atoms with Gasteiger partial charge in [0.2, 0.25) is 5.91 Å². The van der Waals surface area contributed by atoms with Crippen molar-refractivity contribution in [2.24, 2.45) is 0 Å². The minimum absolute atomic E-state index is 0.0824. The highest BCUT2D eigenvalue weighted by molar-refractivity contribution is 5.93. The molecule has 5 nitrogen and oxygen atoms in total. The number of benzene rings is 1. The quantitative estimate of drug-likeness (QED) is 0.883. The van der Waals surface area contributed by atoms with E-state index in [2.05, 4.69) is 10.3 Å². The lowest BCUT2D eigenvalue weighted by atomic mass is 9.76. The average molecular weight is 371 g/mol. The third-order valence-electron chi connectivity index (χ3n) is 5.48. The van der Waals surface area contributed by atoms with Gasteiger partial charge in [-0.15, -0.1) is 0 Å². The first-order valence-electron chi connectivity index (χ1n) is 8.95. The maximum absolute atomic E-state index is 13.8. The number of amides is 2. The maximum Gasteiger partial charge on any atom is 0.272 e. The molecule has 4 rings (SSSR count). The molecule has 2 aliphatic rings. The number of carbonyl (C=O) groups is 2. The number of piperidine rings is 1. The molecular formula is C20H19F2N3O2. The summed E-state index contributed by atoms with van der Waals surface area (Å²) >= 11 is 0. The molecule has 2 saturated heterocycles. The molecule has 1 spiro atoms. The minimum atomic E-state index is -0.931. The predicted octanol–water partition coefficient (Wildman–Crippen LogP) is 2.64. The second-order valence-corrected chi connectivity index (χ2v) is 7.18. The van der Waals surface area contributed by atoms with E-state index < -0.39 is 17.2 Å². The summed E-state index contributed by atoms with van der Waals surface area (Å²) in [6.45, 7) is 0.624. The van der Waals surface area contributed by atoms with Crippen molar-refractivity contribution >= 4 is 11.8 Å². The van der Waals surface area contributed by atoms with Gasteiger partial charge in [-0.1, -0.05) is 12.1 Å². The summed E-state index contributed by atoms with van der Waals surface area (Å²) in [6, 6.07) is 8.89. The molecule has 1 N–H and O–H groups in total. The normalized spacial score (nSPS) is 24.9. The van der Waals surface area contributed by atoms with Crippen LogP contribution in [0.3, 0.4) is 0 Å². The van der Waals surface area contributed by atoms with Crippen LogP contribution in [0.5, 0.6) is 0 Å². The Hall–Kier alpha value is -2.83. The molecular weight excluding hydrogens is 352 g/mol. The highest BCUT2D eigenvalue weighted by atomic mass is 19.2. The molecule has 2 aliphatic heterocycles. The van der Waals surface area contributed by atoms with Crippen molar-refractivity contribution in [2.75, 3.05) is 13.1 Å². The number of aromatic nitrogens is 1. The Kier molecular flexibility index (Phi) is 4.37. The lowest BCUT2D eigenvalue weighted by Crippen LogP contribution is -2.56. The van der Waals surface area contributed by atoms with E-state index in [1.165, 1.54) is 6.07 Å². The number of hydrogen-bond acceptors (Lipinski definition) is 3. The summed E-state index contributed by atoms with van der Waals surface area (Å²) in [5, 5.41) is 3.04. The van der Waals surface area contributed by atoms with Gasteiger partial charge in [-0.25, -0.2) is 8.78 Å². The van der Waals surface area contributed by atoms with Crippen molar-refractivity contribution in [2.45, 2.75) is 30.7 Å². The van der Waals surface area contributed by atoms with Crippen LogP contribution in [0.4, 0.5) is 8.78 Å². The first-order chi connectivity index (χ1) is 13.0. The van der Waals surface area contributed by atoms with Crippen molar-refractivity contribution in [1.82, 2.24) is 15.2 Å². The zero-order valence-electron chi connectivity index (χ0n) is 14.6. The highest BCUT2D eigenvalue weighted by Gasteiger charge is 2.50. The molecule has 7 heteroatoms. The summed E-state index contributed by atoms with van der Waals surface area (Å²) in [5.74, 6) is -2.48. The summed E-state index contributed by atoms with van der Waals surface area (Å²) in [5.41, 5.74) is 0.220. The first kappa shape index (κ1) is 17.6. The van der Waals surface area contributed by atoms with Crippen LogP contribution < -0.4 is 5.32 Å². The van der Waals surface area contributed by atoms with Crippen LogP contribution in [0.1, 0.15) is 41.2 Å². The van der Waals surface area contributed by atoms with Crippen molar-refractivity contribution in [3.63, 3.8) is 0 Å². The third-order valence-corrected chi connectivity index (χ3v) is 5.48. The van der Waals surface area contributed by atoms with Gasteiger partial charge in [0.15, 0.2) is 11.6 Å². The fraction of sp³-hybridized carbons (Fsp3) is 0.350. The number of pyridine rings is 1. The summed E-state index contributed by atoms with van der Waals surface area (Å²) in [6.07, 6.45) is 3.35. The van der Waals surface area contributed by atoms with Crippen LogP contribution in [-0.4, -0.2) is 40.3 Å². The van der Waals surface area contributed by atoms with Crippen molar-refractivity contribution in [3.05, 3.63) is 65.5 Å². The smallest absolute Gasteiger partial charge is 0.272 e. The van der Waals surface area contributed by atoms with Crippen LogP contribution in [0.2, 0.25) is 0 Å². The first-order valence-corrected chi connectivity index (χ1v) is 8.95. The maximum atomic E-state index is 13.8. The summed E-state index contributed by atoms with van der Waals surface area (Å²) in [7, 11) is 0. The van der Waals surface area contributed by atoms with Crippen molar-refractivity contribution in [1.29, 1.82) is 0 Å². The lowest BCUT2D eigenvalue weighted by molar-refractivity contribution is -0.125. The zero-order valence-corrected chi connectivity index (χ0v) is 14.6. The lowest BCUT2D eigenvalue weighted by Gasteiger charge is -2.39. The molecule has 0 radical (unpaired) electrons. The topological polar surface area (TPSA) is 62.3 Å². The highest BCUT2D eigenvalue weighted by Crippen LogP contribution is 2.42. The molecule has 0 aliphatic carbocycles.